The summed E-state index contributed by atoms with van der Waals surface area (Å²) in [5, 5.41) is 13.1. The minimum Gasteiger partial charge on any atom is -0.323 e. The molecule has 1 aliphatic rings. The first kappa shape index (κ1) is 25.0. The van der Waals surface area contributed by atoms with Crippen LogP contribution in [0.2, 0.25) is 5.02 Å². The second-order valence-electron chi connectivity index (χ2n) is 10.0. The van der Waals surface area contributed by atoms with Gasteiger partial charge in [-0.05, 0) is 37.1 Å². The highest BCUT2D eigenvalue weighted by Crippen LogP contribution is 2.33. The van der Waals surface area contributed by atoms with Crippen LogP contribution in [0.1, 0.15) is 37.9 Å². The number of nitrogens with one attached hydrogen (secondary N) is 1. The van der Waals surface area contributed by atoms with E-state index in [0.29, 0.717) is 29.2 Å². The lowest BCUT2D eigenvalue weighted by Crippen LogP contribution is -2.27. The van der Waals surface area contributed by atoms with Crippen LogP contribution in [-0.2, 0) is 18.9 Å². The molecule has 0 radical (unpaired) electrons. The maximum Gasteiger partial charge on any atom is 0.254 e. The van der Waals surface area contributed by atoms with Crippen molar-refractivity contribution >= 4 is 34.1 Å². The third-order valence-electron chi connectivity index (χ3n) is 7.40. The zero-order valence-corrected chi connectivity index (χ0v) is 22.6. The van der Waals surface area contributed by atoms with Crippen LogP contribution in [0, 0.1) is 5.92 Å². The van der Waals surface area contributed by atoms with Gasteiger partial charge in [0.05, 0.1) is 53.0 Å². The van der Waals surface area contributed by atoms with Gasteiger partial charge in [-0.1, -0.05) is 24.9 Å². The summed E-state index contributed by atoms with van der Waals surface area (Å²) in [5.41, 5.74) is 4.93. The lowest BCUT2D eigenvalue weighted by molar-refractivity contribution is -0.119. The van der Waals surface area contributed by atoms with E-state index in [1.807, 2.05) is 39.2 Å². The Kier molecular flexibility index (Phi) is 6.26. The van der Waals surface area contributed by atoms with E-state index in [0.717, 1.165) is 39.8 Å². The highest BCUT2D eigenvalue weighted by atomic mass is 35.5. The Hall–Kier alpha value is -4.31. The number of hydrogen-bond acceptors (Lipinski definition) is 6. The van der Waals surface area contributed by atoms with Crippen molar-refractivity contribution in [3.8, 4) is 22.5 Å². The Morgan fingerprint density at radius 1 is 1.00 bits per heavy atom. The quantitative estimate of drug-likeness (QED) is 0.349. The number of pyridine rings is 1. The third-order valence-corrected chi connectivity index (χ3v) is 7.62. The first-order valence-electron chi connectivity index (χ1n) is 12.8. The van der Waals surface area contributed by atoms with Crippen LogP contribution in [0.3, 0.4) is 0 Å². The maximum absolute atomic E-state index is 13.6. The molecule has 1 aromatic carbocycles. The highest BCUT2D eigenvalue weighted by Gasteiger charge is 2.24. The monoisotopic (exact) mass is 542 g/mol. The first-order valence-corrected chi connectivity index (χ1v) is 13.2. The Morgan fingerprint density at radius 2 is 1.82 bits per heavy atom. The average Bonchev–Trinajstić information content (AvgIpc) is 3.47. The summed E-state index contributed by atoms with van der Waals surface area (Å²) in [6.45, 7) is 1.91. The van der Waals surface area contributed by atoms with Gasteiger partial charge >= 0.3 is 0 Å². The minimum absolute atomic E-state index is 0.0539. The van der Waals surface area contributed by atoms with Crippen molar-refractivity contribution in [3.63, 3.8) is 0 Å². The van der Waals surface area contributed by atoms with Crippen LogP contribution in [0.4, 0.5) is 5.69 Å². The van der Waals surface area contributed by atoms with Gasteiger partial charge < -0.3 is 5.32 Å². The molecule has 39 heavy (non-hydrogen) atoms. The zero-order valence-electron chi connectivity index (χ0n) is 21.8. The highest BCUT2D eigenvalue weighted by molar-refractivity contribution is 6.31. The molecule has 0 saturated carbocycles. The van der Waals surface area contributed by atoms with Gasteiger partial charge in [0.25, 0.3) is 5.56 Å². The molecule has 1 aliphatic heterocycles. The fourth-order valence-electron chi connectivity index (χ4n) is 5.36. The van der Waals surface area contributed by atoms with Gasteiger partial charge in [0.2, 0.25) is 5.91 Å². The molecule has 4 aromatic heterocycles. The number of benzene rings is 1. The topological polar surface area (TPSA) is 113 Å². The standard InChI is InChI=1S/C28H27ClN8O2/c1-16-5-4-6-24(22-10-17(7-8-30-22)27-23(34-28(16)39)14-33-36(27)3)37-15-31-21(12-25(37)38)20-11-19(29)9-18-13-32-35(2)26(18)20/h7-16,24H,4-6H2,1-3H3,(H,34,39)/t16-,24+/m1/s1. The van der Waals surface area contributed by atoms with E-state index in [9.17, 15) is 9.59 Å². The molecule has 1 amide bonds. The predicted octanol–water partition coefficient (Wildman–Crippen LogP) is 4.59. The summed E-state index contributed by atoms with van der Waals surface area (Å²) in [7, 11) is 3.68. The molecule has 0 fully saturated rings. The number of rotatable bonds is 2. The van der Waals surface area contributed by atoms with E-state index in [1.165, 1.54) is 6.07 Å². The molecule has 5 aromatic rings. The molecule has 0 unspecified atom stereocenters. The third kappa shape index (κ3) is 4.50. The van der Waals surface area contributed by atoms with Gasteiger partial charge in [0, 0.05) is 53.8 Å². The SMILES string of the molecule is C[C@@H]1CCC[C@H](n2cnc(-c3cc(Cl)cc4cnn(C)c34)cc2=O)c2cc(ccn2)-c2c(cnn2C)NC1=O. The number of aromatic nitrogens is 7. The van der Waals surface area contributed by atoms with Crippen molar-refractivity contribution in [3.05, 3.63) is 76.3 Å². The molecule has 11 heteroatoms. The van der Waals surface area contributed by atoms with E-state index >= 15 is 0 Å². The van der Waals surface area contributed by atoms with Crippen molar-refractivity contribution in [2.24, 2.45) is 20.0 Å². The fourth-order valence-corrected chi connectivity index (χ4v) is 5.58. The normalized spacial score (nSPS) is 17.8. The molecule has 5 heterocycles. The lowest BCUT2D eigenvalue weighted by Gasteiger charge is -2.22. The Balaban J connectivity index is 1.46. The van der Waals surface area contributed by atoms with Gasteiger partial charge in [-0.15, -0.1) is 0 Å². The van der Waals surface area contributed by atoms with Crippen LogP contribution in [0.25, 0.3) is 33.4 Å². The number of amides is 1. The van der Waals surface area contributed by atoms with Crippen molar-refractivity contribution in [2.45, 2.75) is 32.2 Å². The van der Waals surface area contributed by atoms with Gasteiger partial charge in [0.1, 0.15) is 0 Å². The van der Waals surface area contributed by atoms with E-state index in [4.69, 9.17) is 16.6 Å². The Morgan fingerprint density at radius 3 is 2.64 bits per heavy atom. The molecule has 0 aliphatic carbocycles. The van der Waals surface area contributed by atoms with E-state index in [1.54, 1.807) is 44.9 Å². The van der Waals surface area contributed by atoms with Crippen LogP contribution in [-0.4, -0.2) is 40.0 Å². The lowest BCUT2D eigenvalue weighted by atomic mass is 9.97. The number of anilines is 1. The molecule has 0 saturated heterocycles. The number of hydrogen-bond donors (Lipinski definition) is 1. The smallest absolute Gasteiger partial charge is 0.254 e. The Labute approximate surface area is 229 Å². The van der Waals surface area contributed by atoms with Gasteiger partial charge in [0.15, 0.2) is 0 Å². The minimum atomic E-state index is -0.360. The molecule has 6 rings (SSSR count). The summed E-state index contributed by atoms with van der Waals surface area (Å²) in [6.07, 6.45) is 8.72. The molecule has 0 spiro atoms. The molecule has 198 valence electrons. The number of aryl methyl sites for hydroxylation is 2. The largest absolute Gasteiger partial charge is 0.323 e. The summed E-state index contributed by atoms with van der Waals surface area (Å²) in [6, 6.07) is 8.65. The summed E-state index contributed by atoms with van der Waals surface area (Å²) in [4.78, 5) is 35.9. The number of carbonyl (C=O) groups excluding carboxylic acids is 1. The summed E-state index contributed by atoms with van der Waals surface area (Å²) in [5.74, 6) is -0.257. The number of nitrogens with zero attached hydrogens (tertiary/aromatic N) is 7. The average molecular weight is 543 g/mol. The molecular formula is C28H27ClN8O2. The number of carbonyl (C=O) groups is 1. The summed E-state index contributed by atoms with van der Waals surface area (Å²) < 4.78 is 5.11. The van der Waals surface area contributed by atoms with Crippen molar-refractivity contribution in [2.75, 3.05) is 5.32 Å². The van der Waals surface area contributed by atoms with Crippen LogP contribution in [0.5, 0.6) is 0 Å². The van der Waals surface area contributed by atoms with Crippen LogP contribution < -0.4 is 10.9 Å². The van der Waals surface area contributed by atoms with Crippen LogP contribution >= 0.6 is 11.6 Å². The molecule has 10 nitrogen and oxygen atoms in total. The fraction of sp³-hybridized carbons (Fsp3) is 0.286. The van der Waals surface area contributed by atoms with Crippen molar-refractivity contribution < 1.29 is 4.79 Å². The second-order valence-corrected chi connectivity index (χ2v) is 10.5. The zero-order chi connectivity index (χ0) is 27.3. The van der Waals surface area contributed by atoms with Gasteiger partial charge in [-0.25, -0.2) is 4.98 Å². The maximum atomic E-state index is 13.6. The number of fused-ring (bicyclic) bond motifs is 5. The Bertz CT molecular complexity index is 1790. The van der Waals surface area contributed by atoms with E-state index in [2.05, 4.69) is 20.5 Å². The molecule has 1 N–H and O–H groups in total. The van der Waals surface area contributed by atoms with Crippen LogP contribution in [0.15, 0.2) is 60.0 Å². The first-order chi connectivity index (χ1) is 18.8. The van der Waals surface area contributed by atoms with Gasteiger partial charge in [-0.2, -0.15) is 10.2 Å². The molecule has 2 bridgehead atoms. The molecule has 2 atom stereocenters. The van der Waals surface area contributed by atoms with Crippen molar-refractivity contribution in [1.29, 1.82) is 0 Å². The second kappa shape index (κ2) is 9.77. The van der Waals surface area contributed by atoms with E-state index in [-0.39, 0.29) is 23.4 Å². The van der Waals surface area contributed by atoms with Crippen molar-refractivity contribution in [1.82, 2.24) is 34.1 Å². The number of halogens is 1. The van der Waals surface area contributed by atoms with Gasteiger partial charge in [-0.3, -0.25) is 28.5 Å². The molecular weight excluding hydrogens is 516 g/mol. The predicted molar refractivity (Wildman–Crippen MR) is 149 cm³/mol. The van der Waals surface area contributed by atoms with E-state index < -0.39 is 0 Å². The summed E-state index contributed by atoms with van der Waals surface area (Å²) >= 11 is 6.37.